The van der Waals surface area contributed by atoms with Crippen molar-refractivity contribution in [2.45, 2.75) is 18.5 Å². The third kappa shape index (κ3) is 2.05. The van der Waals surface area contributed by atoms with Crippen LogP contribution in [0.3, 0.4) is 0 Å². The number of para-hydroxylation sites is 1. The van der Waals surface area contributed by atoms with Crippen molar-refractivity contribution in [1.82, 2.24) is 10.3 Å². The van der Waals surface area contributed by atoms with E-state index in [0.29, 0.717) is 6.42 Å². The maximum atomic E-state index is 12.1. The van der Waals surface area contributed by atoms with Gasteiger partial charge in [-0.15, -0.1) is 11.3 Å². The van der Waals surface area contributed by atoms with E-state index in [1.807, 2.05) is 18.2 Å². The Balaban J connectivity index is 1.88. The number of thiophene rings is 1. The lowest BCUT2D eigenvalue weighted by atomic mass is 9.93. The molecule has 0 unspecified atom stereocenters. The Morgan fingerprint density at radius 2 is 2.14 bits per heavy atom. The van der Waals surface area contributed by atoms with Gasteiger partial charge in [-0.1, -0.05) is 24.3 Å². The van der Waals surface area contributed by atoms with E-state index in [-0.39, 0.29) is 18.1 Å². The number of carbonyl (C=O) groups is 1. The molecule has 2 N–H and O–H groups in total. The number of aromatic nitrogens is 1. The largest absolute Gasteiger partial charge is 0.468 e. The monoisotopic (exact) mass is 312 g/mol. The highest BCUT2D eigenvalue weighted by Gasteiger charge is 2.34. The first-order chi connectivity index (χ1) is 10.8. The van der Waals surface area contributed by atoms with Gasteiger partial charge in [0.2, 0.25) is 0 Å². The molecule has 2 atom stereocenters. The molecule has 0 radical (unpaired) electrons. The second kappa shape index (κ2) is 5.26. The van der Waals surface area contributed by atoms with Gasteiger partial charge in [0.15, 0.2) is 0 Å². The lowest BCUT2D eigenvalue weighted by Gasteiger charge is -2.29. The number of esters is 1. The summed E-state index contributed by atoms with van der Waals surface area (Å²) < 4.78 is 4.95. The molecular formula is C17H16N2O2S. The van der Waals surface area contributed by atoms with Crippen LogP contribution in [0.1, 0.15) is 22.2 Å². The van der Waals surface area contributed by atoms with E-state index in [1.54, 1.807) is 11.3 Å². The fraction of sp³-hybridized carbons (Fsp3) is 0.235. The van der Waals surface area contributed by atoms with Crippen LogP contribution in [0, 0.1) is 0 Å². The van der Waals surface area contributed by atoms with Crippen LogP contribution in [0.25, 0.3) is 10.9 Å². The predicted molar refractivity (Wildman–Crippen MR) is 87.1 cm³/mol. The van der Waals surface area contributed by atoms with Crippen molar-refractivity contribution in [3.05, 3.63) is 57.9 Å². The van der Waals surface area contributed by atoms with Crippen molar-refractivity contribution in [1.29, 1.82) is 0 Å². The smallest absolute Gasteiger partial charge is 0.323 e. The number of rotatable bonds is 2. The number of H-pyrrole nitrogens is 1. The van der Waals surface area contributed by atoms with Gasteiger partial charge < -0.3 is 9.72 Å². The summed E-state index contributed by atoms with van der Waals surface area (Å²) >= 11 is 1.69. The summed E-state index contributed by atoms with van der Waals surface area (Å²) in [7, 11) is 1.44. The highest BCUT2D eigenvalue weighted by Crippen LogP contribution is 2.36. The predicted octanol–water partition coefficient (Wildman–Crippen LogP) is 3.01. The van der Waals surface area contributed by atoms with Gasteiger partial charge in [-0.05, 0) is 23.1 Å². The molecule has 112 valence electrons. The summed E-state index contributed by atoms with van der Waals surface area (Å²) in [5.41, 5.74) is 3.48. The second-order valence-electron chi connectivity index (χ2n) is 5.46. The number of nitrogens with one attached hydrogen (secondary N) is 2. The SMILES string of the molecule is COC(=O)[C@H]1Cc2c([nH]c3ccccc23)[C@@H](c2cccs2)N1. The molecule has 0 bridgehead atoms. The zero-order valence-corrected chi connectivity index (χ0v) is 12.9. The highest BCUT2D eigenvalue weighted by atomic mass is 32.1. The van der Waals surface area contributed by atoms with E-state index in [9.17, 15) is 4.79 Å². The molecule has 1 aromatic carbocycles. The van der Waals surface area contributed by atoms with Gasteiger partial charge in [0.25, 0.3) is 0 Å². The molecule has 1 aliphatic heterocycles. The van der Waals surface area contributed by atoms with Crippen molar-refractivity contribution >= 4 is 28.2 Å². The molecule has 0 amide bonds. The van der Waals surface area contributed by atoms with Crippen LogP contribution < -0.4 is 5.32 Å². The quantitative estimate of drug-likeness (QED) is 0.715. The Morgan fingerprint density at radius 3 is 2.91 bits per heavy atom. The lowest BCUT2D eigenvalue weighted by Crippen LogP contribution is -2.45. The van der Waals surface area contributed by atoms with E-state index in [4.69, 9.17) is 4.74 Å². The van der Waals surface area contributed by atoms with Crippen LogP contribution in [0.15, 0.2) is 41.8 Å². The van der Waals surface area contributed by atoms with Crippen LogP contribution in [0.2, 0.25) is 0 Å². The van der Waals surface area contributed by atoms with Crippen LogP contribution in [-0.4, -0.2) is 24.1 Å². The van der Waals surface area contributed by atoms with Gasteiger partial charge in [-0.2, -0.15) is 0 Å². The molecule has 4 nitrogen and oxygen atoms in total. The van der Waals surface area contributed by atoms with E-state index in [0.717, 1.165) is 11.2 Å². The maximum Gasteiger partial charge on any atom is 0.323 e. The normalized spacial score (nSPS) is 20.8. The first-order valence-corrected chi connectivity index (χ1v) is 8.12. The summed E-state index contributed by atoms with van der Waals surface area (Å²) in [4.78, 5) is 16.8. The number of hydrogen-bond acceptors (Lipinski definition) is 4. The van der Waals surface area contributed by atoms with Crippen molar-refractivity contribution in [2.24, 2.45) is 0 Å². The van der Waals surface area contributed by atoms with Gasteiger partial charge in [-0.3, -0.25) is 10.1 Å². The first-order valence-electron chi connectivity index (χ1n) is 7.24. The summed E-state index contributed by atoms with van der Waals surface area (Å²) in [6, 6.07) is 12.1. The van der Waals surface area contributed by atoms with Crippen LogP contribution in [-0.2, 0) is 16.0 Å². The first kappa shape index (κ1) is 13.5. The van der Waals surface area contributed by atoms with Gasteiger partial charge in [0.05, 0.1) is 13.2 Å². The minimum atomic E-state index is -0.316. The lowest BCUT2D eigenvalue weighted by molar-refractivity contribution is -0.143. The summed E-state index contributed by atoms with van der Waals surface area (Å²) in [5.74, 6) is -0.211. The molecule has 1 aliphatic rings. The number of methoxy groups -OCH3 is 1. The molecule has 3 heterocycles. The minimum Gasteiger partial charge on any atom is -0.468 e. The summed E-state index contributed by atoms with van der Waals surface area (Å²) in [6.07, 6.45) is 0.647. The van der Waals surface area contributed by atoms with Gasteiger partial charge >= 0.3 is 5.97 Å². The van der Waals surface area contributed by atoms with Crippen molar-refractivity contribution in [2.75, 3.05) is 7.11 Å². The van der Waals surface area contributed by atoms with Gasteiger partial charge in [-0.25, -0.2) is 0 Å². The molecular weight excluding hydrogens is 296 g/mol. The second-order valence-corrected chi connectivity index (χ2v) is 6.44. The highest BCUT2D eigenvalue weighted by molar-refractivity contribution is 7.10. The number of ether oxygens (including phenoxy) is 1. The standard InChI is InChI=1S/C17H16N2O2S/c1-21-17(20)13-9-11-10-5-2-3-6-12(10)18-15(11)16(19-13)14-7-4-8-22-14/h2-8,13,16,18-19H,9H2,1H3/t13-,16-/m1/s1. The molecule has 0 fully saturated rings. The number of hydrogen-bond donors (Lipinski definition) is 2. The third-order valence-corrected chi connectivity index (χ3v) is 5.16. The van der Waals surface area contributed by atoms with E-state index < -0.39 is 0 Å². The number of fused-ring (bicyclic) bond motifs is 3. The Kier molecular flexibility index (Phi) is 3.24. The number of carbonyl (C=O) groups excluding carboxylic acids is 1. The fourth-order valence-corrected chi connectivity index (χ4v) is 4.00. The Morgan fingerprint density at radius 1 is 1.27 bits per heavy atom. The van der Waals surface area contributed by atoms with Crippen LogP contribution in [0.4, 0.5) is 0 Å². The van der Waals surface area contributed by atoms with E-state index in [1.165, 1.54) is 22.9 Å². The Bertz CT molecular complexity index is 822. The zero-order chi connectivity index (χ0) is 15.1. The Hall–Kier alpha value is -2.11. The molecule has 3 aromatic rings. The van der Waals surface area contributed by atoms with E-state index in [2.05, 4.69) is 33.9 Å². The van der Waals surface area contributed by atoms with Crippen LogP contribution in [0.5, 0.6) is 0 Å². The summed E-state index contributed by atoms with van der Waals surface area (Å²) in [5, 5.41) is 6.67. The molecule has 0 saturated carbocycles. The van der Waals surface area contributed by atoms with Gasteiger partial charge in [0.1, 0.15) is 6.04 Å². The average molecular weight is 312 g/mol. The Labute approximate surface area is 132 Å². The van der Waals surface area contributed by atoms with Crippen LogP contribution >= 0.6 is 11.3 Å². The molecule has 2 aromatic heterocycles. The van der Waals surface area contributed by atoms with Gasteiger partial charge in [0, 0.05) is 27.9 Å². The average Bonchev–Trinajstić information content (AvgIpc) is 3.20. The molecule has 4 rings (SSSR count). The molecule has 0 spiro atoms. The number of benzene rings is 1. The van der Waals surface area contributed by atoms with Crippen molar-refractivity contribution in [3.8, 4) is 0 Å². The van der Waals surface area contributed by atoms with E-state index >= 15 is 0 Å². The van der Waals surface area contributed by atoms with Crippen molar-refractivity contribution in [3.63, 3.8) is 0 Å². The topological polar surface area (TPSA) is 54.1 Å². The third-order valence-electron chi connectivity index (χ3n) is 4.22. The maximum absolute atomic E-state index is 12.1. The molecule has 5 heteroatoms. The molecule has 0 saturated heterocycles. The number of aromatic amines is 1. The van der Waals surface area contributed by atoms with Crippen molar-refractivity contribution < 1.29 is 9.53 Å². The fourth-order valence-electron chi connectivity index (χ4n) is 3.21. The molecule has 0 aliphatic carbocycles. The minimum absolute atomic E-state index is 0.000231. The summed E-state index contributed by atoms with van der Waals surface area (Å²) in [6.45, 7) is 0. The molecule has 22 heavy (non-hydrogen) atoms. The zero-order valence-electron chi connectivity index (χ0n) is 12.1.